The normalized spacial score (nSPS) is 9.68. The van der Waals surface area contributed by atoms with Crippen molar-refractivity contribution in [1.82, 2.24) is 4.98 Å². The molecule has 1 amide bonds. The number of nitrogens with one attached hydrogen (secondary N) is 1. The molecule has 0 spiro atoms. The second-order valence-corrected chi connectivity index (χ2v) is 4.60. The molecule has 0 unspecified atom stereocenters. The molecule has 0 saturated carbocycles. The quantitative estimate of drug-likeness (QED) is 0.870. The van der Waals surface area contributed by atoms with Crippen LogP contribution < -0.4 is 5.32 Å². The predicted octanol–water partition coefficient (Wildman–Crippen LogP) is 2.93. The fourth-order valence-corrected chi connectivity index (χ4v) is 1.92. The topological polar surface area (TPSA) is 65.8 Å². The summed E-state index contributed by atoms with van der Waals surface area (Å²) in [6.07, 6.45) is 3.44. The molecule has 0 aliphatic rings. The second-order valence-electron chi connectivity index (χ2n) is 3.72. The third-order valence-electron chi connectivity index (χ3n) is 2.48. The lowest BCUT2D eigenvalue weighted by atomic mass is 10.2. The Hall–Kier alpha value is -2.32. The van der Waals surface area contributed by atoms with Crippen LogP contribution in [-0.4, -0.2) is 17.1 Å². The van der Waals surface area contributed by atoms with E-state index in [2.05, 4.69) is 10.3 Å². The Bertz CT molecular complexity index is 632. The van der Waals surface area contributed by atoms with Crippen molar-refractivity contribution in [2.75, 3.05) is 11.6 Å². The fraction of sp³-hybridized carbons (Fsp3) is 0.0714. The average molecular weight is 269 g/mol. The number of anilines is 1. The summed E-state index contributed by atoms with van der Waals surface area (Å²) in [5.41, 5.74) is 1.36. The number of thioether (sulfide) groups is 1. The molecule has 0 fully saturated rings. The zero-order chi connectivity index (χ0) is 13.7. The monoisotopic (exact) mass is 269 g/mol. The van der Waals surface area contributed by atoms with Gasteiger partial charge in [-0.1, -0.05) is 0 Å². The standard InChI is InChI=1S/C14H11N3OS/c1-19-13-4-2-11(3-5-13)17-14(18)10-6-7-16-12(8-10)9-15/h2-8H,1H3,(H,17,18). The van der Waals surface area contributed by atoms with Crippen LogP contribution in [0.4, 0.5) is 5.69 Å². The van der Waals surface area contributed by atoms with Gasteiger partial charge in [-0.05, 0) is 42.7 Å². The van der Waals surface area contributed by atoms with Crippen LogP contribution in [0.15, 0.2) is 47.5 Å². The highest BCUT2D eigenvalue weighted by Crippen LogP contribution is 2.18. The van der Waals surface area contributed by atoms with E-state index in [1.54, 1.807) is 17.8 Å². The maximum Gasteiger partial charge on any atom is 0.255 e. The van der Waals surface area contributed by atoms with E-state index < -0.39 is 0 Å². The minimum atomic E-state index is -0.254. The number of amides is 1. The summed E-state index contributed by atoms with van der Waals surface area (Å²) in [7, 11) is 0. The molecule has 0 aliphatic carbocycles. The lowest BCUT2D eigenvalue weighted by Gasteiger charge is -2.05. The molecule has 19 heavy (non-hydrogen) atoms. The summed E-state index contributed by atoms with van der Waals surface area (Å²) in [6, 6.07) is 12.5. The molecule has 5 heteroatoms. The Morgan fingerprint density at radius 1 is 1.32 bits per heavy atom. The van der Waals surface area contributed by atoms with E-state index in [0.29, 0.717) is 5.56 Å². The highest BCUT2D eigenvalue weighted by atomic mass is 32.2. The summed E-state index contributed by atoms with van der Waals surface area (Å²) >= 11 is 1.64. The van der Waals surface area contributed by atoms with Gasteiger partial charge in [0.15, 0.2) is 0 Å². The van der Waals surface area contributed by atoms with Gasteiger partial charge in [-0.15, -0.1) is 11.8 Å². The van der Waals surface area contributed by atoms with Gasteiger partial charge in [-0.25, -0.2) is 4.98 Å². The molecule has 0 aliphatic heterocycles. The van der Waals surface area contributed by atoms with Crippen molar-refractivity contribution in [1.29, 1.82) is 5.26 Å². The first-order valence-electron chi connectivity index (χ1n) is 5.54. The number of carbonyl (C=O) groups excluding carboxylic acids is 1. The van der Waals surface area contributed by atoms with Gasteiger partial charge in [0.25, 0.3) is 5.91 Å². The lowest BCUT2D eigenvalue weighted by molar-refractivity contribution is 0.102. The van der Waals surface area contributed by atoms with Crippen LogP contribution in [-0.2, 0) is 0 Å². The summed E-state index contributed by atoms with van der Waals surface area (Å²) in [5.74, 6) is -0.254. The maximum absolute atomic E-state index is 12.0. The number of nitrogens with zero attached hydrogens (tertiary/aromatic N) is 2. The molecular formula is C14H11N3OS. The van der Waals surface area contributed by atoms with Gasteiger partial charge >= 0.3 is 0 Å². The van der Waals surface area contributed by atoms with Crippen LogP contribution in [0.25, 0.3) is 0 Å². The minimum absolute atomic E-state index is 0.227. The summed E-state index contributed by atoms with van der Waals surface area (Å²) in [4.78, 5) is 16.9. The lowest BCUT2D eigenvalue weighted by Crippen LogP contribution is -2.12. The highest BCUT2D eigenvalue weighted by molar-refractivity contribution is 7.98. The van der Waals surface area contributed by atoms with Crippen LogP contribution in [0.3, 0.4) is 0 Å². The van der Waals surface area contributed by atoms with Crippen molar-refractivity contribution < 1.29 is 4.79 Å². The number of carbonyl (C=O) groups is 1. The van der Waals surface area contributed by atoms with Gasteiger partial charge in [0.1, 0.15) is 11.8 Å². The Balaban J connectivity index is 2.13. The molecule has 2 aromatic rings. The van der Waals surface area contributed by atoms with Crippen molar-refractivity contribution in [3.63, 3.8) is 0 Å². The van der Waals surface area contributed by atoms with Crippen LogP contribution in [0.2, 0.25) is 0 Å². The van der Waals surface area contributed by atoms with E-state index in [1.165, 1.54) is 12.3 Å². The van der Waals surface area contributed by atoms with Gasteiger partial charge in [0.2, 0.25) is 0 Å². The van der Waals surface area contributed by atoms with Crippen molar-refractivity contribution in [3.05, 3.63) is 53.9 Å². The summed E-state index contributed by atoms with van der Waals surface area (Å²) < 4.78 is 0. The van der Waals surface area contributed by atoms with Crippen LogP contribution in [0.5, 0.6) is 0 Å². The van der Waals surface area contributed by atoms with E-state index in [-0.39, 0.29) is 11.6 Å². The number of hydrogen-bond donors (Lipinski definition) is 1. The van der Waals surface area contributed by atoms with E-state index in [0.717, 1.165) is 10.6 Å². The number of rotatable bonds is 3. The molecule has 0 radical (unpaired) electrons. The summed E-state index contributed by atoms with van der Waals surface area (Å²) in [6.45, 7) is 0. The minimum Gasteiger partial charge on any atom is -0.322 e. The molecule has 94 valence electrons. The Kier molecular flexibility index (Phi) is 4.16. The van der Waals surface area contributed by atoms with Crippen LogP contribution in [0.1, 0.15) is 16.1 Å². The number of aromatic nitrogens is 1. The largest absolute Gasteiger partial charge is 0.322 e. The molecule has 4 nitrogen and oxygen atoms in total. The number of benzene rings is 1. The van der Waals surface area contributed by atoms with Gasteiger partial charge in [-0.2, -0.15) is 5.26 Å². The Morgan fingerprint density at radius 3 is 2.68 bits per heavy atom. The van der Waals surface area contributed by atoms with Crippen molar-refractivity contribution in [3.8, 4) is 6.07 Å². The third-order valence-corrected chi connectivity index (χ3v) is 3.23. The molecule has 0 saturated heterocycles. The Labute approximate surface area is 115 Å². The van der Waals surface area contributed by atoms with Crippen molar-refractivity contribution >= 4 is 23.4 Å². The van der Waals surface area contributed by atoms with Gasteiger partial charge in [0, 0.05) is 22.3 Å². The molecule has 1 aromatic carbocycles. The van der Waals surface area contributed by atoms with E-state index in [9.17, 15) is 4.79 Å². The molecule has 1 aromatic heterocycles. The fourth-order valence-electron chi connectivity index (χ4n) is 1.51. The van der Waals surface area contributed by atoms with Gasteiger partial charge in [-0.3, -0.25) is 4.79 Å². The van der Waals surface area contributed by atoms with Crippen molar-refractivity contribution in [2.24, 2.45) is 0 Å². The van der Waals surface area contributed by atoms with Crippen molar-refractivity contribution in [2.45, 2.75) is 4.90 Å². The number of hydrogen-bond acceptors (Lipinski definition) is 4. The molecule has 1 heterocycles. The average Bonchev–Trinajstić information content (AvgIpc) is 2.48. The van der Waals surface area contributed by atoms with Gasteiger partial charge < -0.3 is 5.32 Å². The first-order chi connectivity index (χ1) is 9.22. The smallest absolute Gasteiger partial charge is 0.255 e. The number of pyridine rings is 1. The molecule has 1 N–H and O–H groups in total. The zero-order valence-corrected chi connectivity index (χ0v) is 11.1. The van der Waals surface area contributed by atoms with E-state index in [1.807, 2.05) is 36.6 Å². The van der Waals surface area contributed by atoms with Gasteiger partial charge in [0.05, 0.1) is 0 Å². The van der Waals surface area contributed by atoms with E-state index >= 15 is 0 Å². The maximum atomic E-state index is 12.0. The molecule has 0 atom stereocenters. The SMILES string of the molecule is CSc1ccc(NC(=O)c2ccnc(C#N)c2)cc1. The first-order valence-corrected chi connectivity index (χ1v) is 6.77. The van der Waals surface area contributed by atoms with Crippen LogP contribution in [0, 0.1) is 11.3 Å². The number of nitriles is 1. The highest BCUT2D eigenvalue weighted by Gasteiger charge is 2.07. The molecule has 2 rings (SSSR count). The molecule has 0 bridgehead atoms. The summed E-state index contributed by atoms with van der Waals surface area (Å²) in [5, 5.41) is 11.5. The first kappa shape index (κ1) is 13.1. The second kappa shape index (κ2) is 6.03. The van der Waals surface area contributed by atoms with E-state index in [4.69, 9.17) is 5.26 Å². The van der Waals surface area contributed by atoms with Crippen LogP contribution >= 0.6 is 11.8 Å². The predicted molar refractivity (Wildman–Crippen MR) is 75.1 cm³/mol. The Morgan fingerprint density at radius 2 is 2.05 bits per heavy atom. The zero-order valence-electron chi connectivity index (χ0n) is 10.3. The molecular weight excluding hydrogens is 258 g/mol. The third kappa shape index (κ3) is 3.33.